The fourth-order valence-corrected chi connectivity index (χ4v) is 3.63. The lowest BCUT2D eigenvalue weighted by atomic mass is 10.2. The van der Waals surface area contributed by atoms with E-state index in [1.807, 2.05) is 24.3 Å². The molecule has 2 aliphatic rings. The van der Waals surface area contributed by atoms with Gasteiger partial charge in [-0.1, -0.05) is 0 Å². The highest BCUT2D eigenvalue weighted by Gasteiger charge is 2.20. The van der Waals surface area contributed by atoms with Crippen molar-refractivity contribution in [1.82, 2.24) is 14.8 Å². The molecular formula is C18H23N3O3. The van der Waals surface area contributed by atoms with Crippen molar-refractivity contribution >= 4 is 16.8 Å². The maximum atomic E-state index is 11.9. The van der Waals surface area contributed by atoms with Gasteiger partial charge in [-0.15, -0.1) is 0 Å². The molecule has 0 aliphatic carbocycles. The van der Waals surface area contributed by atoms with Crippen LogP contribution in [-0.2, 0) is 6.54 Å². The molecule has 3 heterocycles. The van der Waals surface area contributed by atoms with Crippen LogP contribution in [0.15, 0.2) is 24.3 Å². The van der Waals surface area contributed by atoms with Gasteiger partial charge in [-0.25, -0.2) is 0 Å². The number of aromatic nitrogens is 1. The predicted molar refractivity (Wildman–Crippen MR) is 91.4 cm³/mol. The van der Waals surface area contributed by atoms with Crippen LogP contribution < -0.4 is 10.1 Å². The molecule has 4 rings (SSSR count). The molecule has 1 fully saturated rings. The summed E-state index contributed by atoms with van der Waals surface area (Å²) in [5.41, 5.74) is 1.80. The van der Waals surface area contributed by atoms with E-state index in [0.717, 1.165) is 61.4 Å². The first kappa shape index (κ1) is 15.5. The molecule has 6 heteroatoms. The van der Waals surface area contributed by atoms with Crippen molar-refractivity contribution < 1.29 is 14.6 Å². The van der Waals surface area contributed by atoms with Crippen LogP contribution in [-0.4, -0.2) is 59.4 Å². The van der Waals surface area contributed by atoms with E-state index in [1.165, 1.54) is 0 Å². The average Bonchev–Trinajstić information content (AvgIpc) is 3.16. The van der Waals surface area contributed by atoms with Gasteiger partial charge in [0.1, 0.15) is 11.4 Å². The van der Waals surface area contributed by atoms with Crippen molar-refractivity contribution in [3.63, 3.8) is 0 Å². The van der Waals surface area contributed by atoms with E-state index >= 15 is 0 Å². The van der Waals surface area contributed by atoms with Gasteiger partial charge >= 0.3 is 0 Å². The maximum Gasteiger partial charge on any atom is 0.268 e. The van der Waals surface area contributed by atoms with Gasteiger partial charge in [0.2, 0.25) is 0 Å². The van der Waals surface area contributed by atoms with Crippen molar-refractivity contribution in [2.45, 2.75) is 25.5 Å². The van der Waals surface area contributed by atoms with Crippen LogP contribution in [0.3, 0.4) is 0 Å². The monoisotopic (exact) mass is 329 g/mol. The Morgan fingerprint density at radius 2 is 2.21 bits per heavy atom. The molecule has 2 N–H and O–H groups in total. The zero-order valence-electron chi connectivity index (χ0n) is 13.7. The number of rotatable bonds is 5. The summed E-state index contributed by atoms with van der Waals surface area (Å²) in [4.78, 5) is 14.2. The number of nitrogens with zero attached hydrogens (tertiary/aromatic N) is 2. The third kappa shape index (κ3) is 2.99. The summed E-state index contributed by atoms with van der Waals surface area (Å²) >= 11 is 0. The molecule has 6 nitrogen and oxygen atoms in total. The minimum absolute atomic E-state index is 0.00674. The average molecular weight is 329 g/mol. The molecule has 1 atom stereocenters. The van der Waals surface area contributed by atoms with Crippen LogP contribution in [0, 0.1) is 0 Å². The van der Waals surface area contributed by atoms with Crippen LogP contribution >= 0.6 is 0 Å². The minimum Gasteiger partial charge on any atom is -0.494 e. The van der Waals surface area contributed by atoms with Crippen LogP contribution in [0.2, 0.25) is 0 Å². The number of nitrogens with one attached hydrogen (secondary N) is 1. The minimum atomic E-state index is -0.161. The number of aliphatic hydroxyl groups excluding tert-OH is 1. The largest absolute Gasteiger partial charge is 0.494 e. The number of carbonyl (C=O) groups excluding carboxylic acids is 1. The molecule has 2 aliphatic heterocycles. The van der Waals surface area contributed by atoms with Crippen molar-refractivity contribution in [2.24, 2.45) is 0 Å². The van der Waals surface area contributed by atoms with E-state index in [-0.39, 0.29) is 12.0 Å². The molecule has 0 bridgehead atoms. The zero-order chi connectivity index (χ0) is 16.5. The van der Waals surface area contributed by atoms with Gasteiger partial charge in [0.25, 0.3) is 5.91 Å². The lowest BCUT2D eigenvalue weighted by Gasteiger charge is -2.16. The number of amides is 1. The summed E-state index contributed by atoms with van der Waals surface area (Å²) in [5, 5.41) is 13.4. The van der Waals surface area contributed by atoms with Crippen molar-refractivity contribution in [1.29, 1.82) is 0 Å². The van der Waals surface area contributed by atoms with Gasteiger partial charge < -0.3 is 24.6 Å². The number of hydrogen-bond acceptors (Lipinski definition) is 4. The first-order valence-corrected chi connectivity index (χ1v) is 8.65. The third-order valence-corrected chi connectivity index (χ3v) is 4.86. The number of β-amino-alcohol motifs (C(OH)–C–C–N with tert-alkyl or cyclic N) is 1. The summed E-state index contributed by atoms with van der Waals surface area (Å²) < 4.78 is 7.93. The highest BCUT2D eigenvalue weighted by molar-refractivity contribution is 5.99. The van der Waals surface area contributed by atoms with E-state index in [4.69, 9.17) is 4.74 Å². The van der Waals surface area contributed by atoms with Gasteiger partial charge in [-0.2, -0.15) is 0 Å². The second-order valence-corrected chi connectivity index (χ2v) is 6.60. The summed E-state index contributed by atoms with van der Waals surface area (Å²) in [6, 6.07) is 7.95. The number of benzene rings is 1. The second-order valence-electron chi connectivity index (χ2n) is 6.60. The van der Waals surface area contributed by atoms with Crippen LogP contribution in [0.5, 0.6) is 5.75 Å². The molecule has 128 valence electrons. The number of likely N-dealkylation sites (tertiary alicyclic amines) is 1. The molecule has 1 aromatic carbocycles. The Labute approximate surface area is 141 Å². The smallest absolute Gasteiger partial charge is 0.268 e. The van der Waals surface area contributed by atoms with E-state index in [0.29, 0.717) is 13.2 Å². The molecule has 0 unspecified atom stereocenters. The van der Waals surface area contributed by atoms with Gasteiger partial charge in [0.15, 0.2) is 0 Å². The predicted octanol–water partition coefficient (Wildman–Crippen LogP) is 1.22. The quantitative estimate of drug-likeness (QED) is 0.810. The molecule has 1 amide bonds. The van der Waals surface area contributed by atoms with Gasteiger partial charge in [-0.05, 0) is 37.1 Å². The van der Waals surface area contributed by atoms with Crippen molar-refractivity contribution in [3.8, 4) is 5.75 Å². The Morgan fingerprint density at radius 3 is 3.04 bits per heavy atom. The van der Waals surface area contributed by atoms with Gasteiger partial charge in [0, 0.05) is 43.6 Å². The molecule has 24 heavy (non-hydrogen) atoms. The van der Waals surface area contributed by atoms with Crippen LogP contribution in [0.25, 0.3) is 10.9 Å². The molecule has 2 aromatic rings. The lowest BCUT2D eigenvalue weighted by Crippen LogP contribution is -2.34. The summed E-state index contributed by atoms with van der Waals surface area (Å²) in [7, 11) is 0. The number of carbonyl (C=O) groups is 1. The van der Waals surface area contributed by atoms with Crippen molar-refractivity contribution in [2.75, 3.05) is 32.8 Å². The molecule has 0 saturated carbocycles. The molecule has 1 saturated heterocycles. The Kier molecular flexibility index (Phi) is 4.16. The maximum absolute atomic E-state index is 11.9. The number of aliphatic hydroxyl groups is 1. The standard InChI is InChI=1S/C18H23N3O3/c22-14-4-7-20(12-14)6-1-9-24-15-2-3-16-13(10-15)11-17-18(23)19-5-8-21(16)17/h2-3,10-11,14,22H,1,4-9,12H2,(H,19,23)/t14-/m1/s1. The van der Waals surface area contributed by atoms with E-state index in [9.17, 15) is 9.90 Å². The SMILES string of the molecule is O=C1NCCn2c1cc1cc(OCCCN3CC[C@@H](O)C3)ccc12. The Balaban J connectivity index is 1.37. The Morgan fingerprint density at radius 1 is 1.29 bits per heavy atom. The third-order valence-electron chi connectivity index (χ3n) is 4.86. The number of hydrogen-bond donors (Lipinski definition) is 2. The Hall–Kier alpha value is -2.05. The van der Waals surface area contributed by atoms with Crippen molar-refractivity contribution in [3.05, 3.63) is 30.0 Å². The highest BCUT2D eigenvalue weighted by atomic mass is 16.5. The fraction of sp³-hybridized carbons (Fsp3) is 0.500. The first-order chi connectivity index (χ1) is 11.7. The van der Waals surface area contributed by atoms with Gasteiger partial charge in [-0.3, -0.25) is 4.79 Å². The zero-order valence-corrected chi connectivity index (χ0v) is 13.7. The molecular weight excluding hydrogens is 306 g/mol. The highest BCUT2D eigenvalue weighted by Crippen LogP contribution is 2.26. The van der Waals surface area contributed by atoms with E-state index in [2.05, 4.69) is 14.8 Å². The summed E-state index contributed by atoms with van der Waals surface area (Å²) in [6.45, 7) is 4.87. The van der Waals surface area contributed by atoms with E-state index < -0.39 is 0 Å². The number of fused-ring (bicyclic) bond motifs is 3. The summed E-state index contributed by atoms with van der Waals surface area (Å²) in [6.07, 6.45) is 1.66. The molecule has 1 aromatic heterocycles. The van der Waals surface area contributed by atoms with E-state index in [1.54, 1.807) is 0 Å². The van der Waals surface area contributed by atoms with Gasteiger partial charge in [0.05, 0.1) is 12.7 Å². The number of ether oxygens (including phenoxy) is 1. The van der Waals surface area contributed by atoms with Crippen LogP contribution in [0.1, 0.15) is 23.3 Å². The van der Waals surface area contributed by atoms with Crippen LogP contribution in [0.4, 0.5) is 0 Å². The first-order valence-electron chi connectivity index (χ1n) is 8.65. The lowest BCUT2D eigenvalue weighted by molar-refractivity contribution is 0.0929. The molecule has 0 radical (unpaired) electrons. The summed E-state index contributed by atoms with van der Waals surface area (Å²) in [5.74, 6) is 0.833. The fourth-order valence-electron chi connectivity index (χ4n) is 3.63. The topological polar surface area (TPSA) is 66.7 Å². The molecule has 0 spiro atoms. The normalized spacial score (nSPS) is 21.0. The second kappa shape index (κ2) is 6.45. The Bertz CT molecular complexity index is 755.